The maximum Gasteiger partial charge on any atom is 0.324 e. The summed E-state index contributed by atoms with van der Waals surface area (Å²) in [4.78, 5) is 11.2. The Hall–Kier alpha value is -2.42. The van der Waals surface area contributed by atoms with Crippen LogP contribution in [0.15, 0.2) is 59.5 Å². The van der Waals surface area contributed by atoms with Crippen molar-refractivity contribution in [2.45, 2.75) is 17.0 Å². The van der Waals surface area contributed by atoms with Crippen LogP contribution in [-0.4, -0.2) is 30.6 Å². The Kier molecular flexibility index (Phi) is 4.99. The van der Waals surface area contributed by atoms with Crippen LogP contribution in [0.3, 0.4) is 0 Å². The average molecular weight is 336 g/mol. The highest BCUT2D eigenvalue weighted by atomic mass is 32.2. The Labute approximate surface area is 133 Å². The lowest BCUT2D eigenvalue weighted by molar-refractivity contribution is -0.141. The van der Waals surface area contributed by atoms with E-state index in [1.807, 2.05) is 4.72 Å². The fourth-order valence-corrected chi connectivity index (χ4v) is 3.26. The first-order valence-electron chi connectivity index (χ1n) is 6.65. The van der Waals surface area contributed by atoms with Crippen molar-refractivity contribution in [2.75, 3.05) is 5.73 Å². The van der Waals surface area contributed by atoms with Crippen LogP contribution in [0.1, 0.15) is 11.7 Å². The molecule has 2 atom stereocenters. The van der Waals surface area contributed by atoms with E-state index in [9.17, 15) is 23.4 Å². The number of carboxylic acids is 1. The number of aliphatic carboxylic acids is 1. The van der Waals surface area contributed by atoms with Gasteiger partial charge in [-0.3, -0.25) is 4.79 Å². The highest BCUT2D eigenvalue weighted by Crippen LogP contribution is 2.20. The van der Waals surface area contributed by atoms with E-state index < -0.39 is 28.1 Å². The summed E-state index contributed by atoms with van der Waals surface area (Å²) in [5.74, 6) is -1.49. The number of aliphatic hydroxyl groups excluding tert-OH is 1. The van der Waals surface area contributed by atoms with Gasteiger partial charge in [-0.15, -0.1) is 0 Å². The maximum atomic E-state index is 12.3. The molecule has 2 aromatic rings. The largest absolute Gasteiger partial charge is 0.480 e. The minimum absolute atomic E-state index is 0.177. The molecule has 23 heavy (non-hydrogen) atoms. The molecule has 0 aliphatic rings. The van der Waals surface area contributed by atoms with Crippen LogP contribution < -0.4 is 10.5 Å². The van der Waals surface area contributed by atoms with E-state index in [-0.39, 0.29) is 16.1 Å². The van der Waals surface area contributed by atoms with Gasteiger partial charge in [-0.05, 0) is 23.8 Å². The molecule has 7 nitrogen and oxygen atoms in total. The lowest BCUT2D eigenvalue weighted by Crippen LogP contribution is -2.44. The van der Waals surface area contributed by atoms with Crippen LogP contribution in [0, 0.1) is 0 Å². The van der Waals surface area contributed by atoms with Gasteiger partial charge in [0.2, 0.25) is 10.0 Å². The van der Waals surface area contributed by atoms with Gasteiger partial charge in [0.05, 0.1) is 4.90 Å². The van der Waals surface area contributed by atoms with Gasteiger partial charge in [-0.2, -0.15) is 4.72 Å². The Bertz CT molecular complexity index is 793. The van der Waals surface area contributed by atoms with Gasteiger partial charge in [0.25, 0.3) is 0 Å². The molecule has 0 saturated heterocycles. The number of hydrogen-bond acceptors (Lipinski definition) is 5. The summed E-state index contributed by atoms with van der Waals surface area (Å²) in [7, 11) is -4.15. The van der Waals surface area contributed by atoms with Gasteiger partial charge < -0.3 is 15.9 Å². The van der Waals surface area contributed by atoms with Crippen LogP contribution in [0.2, 0.25) is 0 Å². The number of aliphatic hydroxyl groups is 1. The first-order valence-corrected chi connectivity index (χ1v) is 8.13. The zero-order chi connectivity index (χ0) is 17.0. The Morgan fingerprint density at radius 2 is 1.74 bits per heavy atom. The number of rotatable bonds is 6. The molecule has 122 valence electrons. The number of anilines is 1. The lowest BCUT2D eigenvalue weighted by Gasteiger charge is -2.20. The molecule has 0 unspecified atom stereocenters. The first kappa shape index (κ1) is 16.9. The van der Waals surface area contributed by atoms with Crippen molar-refractivity contribution in [3.63, 3.8) is 0 Å². The van der Waals surface area contributed by atoms with Crippen molar-refractivity contribution in [1.82, 2.24) is 4.72 Å². The normalized spacial score (nSPS) is 14.1. The Morgan fingerprint density at radius 1 is 1.09 bits per heavy atom. The summed E-state index contributed by atoms with van der Waals surface area (Å²) in [6, 6.07) is 11.6. The topological polar surface area (TPSA) is 130 Å². The third-order valence-electron chi connectivity index (χ3n) is 3.17. The van der Waals surface area contributed by atoms with Gasteiger partial charge in [0.15, 0.2) is 0 Å². The molecule has 2 rings (SSSR count). The van der Waals surface area contributed by atoms with Gasteiger partial charge in [-0.25, -0.2) is 8.42 Å². The molecule has 8 heteroatoms. The van der Waals surface area contributed by atoms with Crippen molar-refractivity contribution in [2.24, 2.45) is 0 Å². The summed E-state index contributed by atoms with van der Waals surface area (Å²) >= 11 is 0. The highest BCUT2D eigenvalue weighted by molar-refractivity contribution is 7.89. The number of hydrogen-bond donors (Lipinski definition) is 4. The molecule has 0 radical (unpaired) electrons. The molecule has 0 saturated carbocycles. The zero-order valence-corrected chi connectivity index (χ0v) is 12.8. The molecule has 0 amide bonds. The summed E-state index contributed by atoms with van der Waals surface area (Å²) < 4.78 is 26.6. The molecule has 5 N–H and O–H groups in total. The standard InChI is InChI=1S/C15H16N2O5S/c16-11-7-4-8-12(9-11)23(21,22)17-13(15(19)20)14(18)10-5-2-1-3-6-10/h1-9,13-14,17-18H,16H2,(H,19,20)/t13-,14+/m0/s1. The third kappa shape index (κ3) is 4.07. The van der Waals surface area contributed by atoms with Crippen LogP contribution >= 0.6 is 0 Å². The summed E-state index contributed by atoms with van der Waals surface area (Å²) in [6.45, 7) is 0. The minimum Gasteiger partial charge on any atom is -0.480 e. The number of nitrogen functional groups attached to an aromatic ring is 1. The Balaban J connectivity index is 2.31. The fourth-order valence-electron chi connectivity index (χ4n) is 2.01. The predicted molar refractivity (Wildman–Crippen MR) is 84.0 cm³/mol. The average Bonchev–Trinajstić information content (AvgIpc) is 2.52. The van der Waals surface area contributed by atoms with E-state index in [0.29, 0.717) is 0 Å². The molecule has 0 aromatic heterocycles. The fraction of sp³-hybridized carbons (Fsp3) is 0.133. The first-order chi connectivity index (χ1) is 10.8. The second kappa shape index (κ2) is 6.78. The summed E-state index contributed by atoms with van der Waals surface area (Å²) in [5, 5.41) is 19.4. The van der Waals surface area contributed by atoms with E-state index >= 15 is 0 Å². The van der Waals surface area contributed by atoms with E-state index in [2.05, 4.69) is 0 Å². The van der Waals surface area contributed by atoms with Crippen molar-refractivity contribution in [3.05, 3.63) is 60.2 Å². The zero-order valence-electron chi connectivity index (χ0n) is 12.0. The molecule has 0 bridgehead atoms. The molecule has 0 fully saturated rings. The smallest absolute Gasteiger partial charge is 0.324 e. The van der Waals surface area contributed by atoms with Crippen molar-refractivity contribution < 1.29 is 23.4 Å². The maximum absolute atomic E-state index is 12.3. The molecule has 2 aromatic carbocycles. The van der Waals surface area contributed by atoms with Crippen molar-refractivity contribution in [3.8, 4) is 0 Å². The third-order valence-corrected chi connectivity index (χ3v) is 4.61. The number of sulfonamides is 1. The summed E-state index contributed by atoms with van der Waals surface area (Å²) in [5.41, 5.74) is 6.05. The van der Waals surface area contributed by atoms with E-state index in [1.165, 1.54) is 36.4 Å². The van der Waals surface area contributed by atoms with E-state index in [1.54, 1.807) is 18.2 Å². The van der Waals surface area contributed by atoms with Gasteiger partial charge in [0.1, 0.15) is 12.1 Å². The Morgan fingerprint density at radius 3 is 2.30 bits per heavy atom. The second-order valence-electron chi connectivity index (χ2n) is 4.87. The minimum atomic E-state index is -4.15. The van der Waals surface area contributed by atoms with Crippen LogP contribution in [0.5, 0.6) is 0 Å². The van der Waals surface area contributed by atoms with E-state index in [0.717, 1.165) is 0 Å². The SMILES string of the molecule is Nc1cccc(S(=O)(=O)N[C@H](C(=O)O)[C@H](O)c2ccccc2)c1. The number of nitrogens with one attached hydrogen (secondary N) is 1. The highest BCUT2D eigenvalue weighted by Gasteiger charge is 2.32. The second-order valence-corrected chi connectivity index (χ2v) is 6.58. The number of carboxylic acid groups (broad SMARTS) is 1. The number of carbonyl (C=O) groups is 1. The summed E-state index contributed by atoms with van der Waals surface area (Å²) in [6.07, 6.45) is -1.54. The van der Waals surface area contributed by atoms with Gasteiger partial charge in [-0.1, -0.05) is 36.4 Å². The lowest BCUT2D eigenvalue weighted by atomic mass is 10.0. The number of benzene rings is 2. The molecule has 0 spiro atoms. The predicted octanol–water partition coefficient (Wildman–Crippen LogP) is 0.734. The van der Waals surface area contributed by atoms with Crippen LogP contribution in [-0.2, 0) is 14.8 Å². The molecular formula is C15H16N2O5S. The van der Waals surface area contributed by atoms with Gasteiger partial charge >= 0.3 is 5.97 Å². The van der Waals surface area contributed by atoms with E-state index in [4.69, 9.17) is 5.73 Å². The quantitative estimate of drug-likeness (QED) is 0.576. The molecule has 0 heterocycles. The van der Waals surface area contributed by atoms with Crippen molar-refractivity contribution in [1.29, 1.82) is 0 Å². The monoisotopic (exact) mass is 336 g/mol. The molecule has 0 aliphatic heterocycles. The van der Waals surface area contributed by atoms with Crippen LogP contribution in [0.25, 0.3) is 0 Å². The van der Waals surface area contributed by atoms with Crippen molar-refractivity contribution >= 4 is 21.7 Å². The van der Waals surface area contributed by atoms with Gasteiger partial charge in [0, 0.05) is 5.69 Å². The molecule has 0 aliphatic carbocycles. The van der Waals surface area contributed by atoms with Crippen LogP contribution in [0.4, 0.5) is 5.69 Å². The molecular weight excluding hydrogens is 320 g/mol. The number of nitrogens with two attached hydrogens (primary N) is 1.